The van der Waals surface area contributed by atoms with Gasteiger partial charge in [0.2, 0.25) is 5.82 Å². The SMILES string of the molecule is CCCc1ccc(C2=Cc3cc(F)c(-c4ccc(OC)c(F)c4F)cc3CC2)c(F)c1F. The molecule has 0 N–H and O–H groups in total. The first-order valence-corrected chi connectivity index (χ1v) is 10.4. The van der Waals surface area contributed by atoms with Crippen molar-refractivity contribution in [3.8, 4) is 16.9 Å². The van der Waals surface area contributed by atoms with Crippen molar-refractivity contribution < 1.29 is 26.7 Å². The van der Waals surface area contributed by atoms with Crippen LogP contribution in [-0.4, -0.2) is 7.11 Å². The molecular formula is C26H21F5O. The van der Waals surface area contributed by atoms with E-state index < -0.39 is 29.1 Å². The molecule has 3 aromatic carbocycles. The van der Waals surface area contributed by atoms with E-state index in [0.717, 1.165) is 0 Å². The minimum atomic E-state index is -1.19. The molecule has 1 aliphatic rings. The third-order valence-corrected chi connectivity index (χ3v) is 5.81. The molecule has 0 aliphatic heterocycles. The Labute approximate surface area is 183 Å². The van der Waals surface area contributed by atoms with Crippen LogP contribution in [0.15, 0.2) is 36.4 Å². The smallest absolute Gasteiger partial charge is 0.201 e. The van der Waals surface area contributed by atoms with Gasteiger partial charge in [-0.15, -0.1) is 0 Å². The average molecular weight is 444 g/mol. The quantitative estimate of drug-likeness (QED) is 0.370. The highest BCUT2D eigenvalue weighted by Crippen LogP contribution is 2.37. The molecule has 0 radical (unpaired) electrons. The fourth-order valence-electron chi connectivity index (χ4n) is 4.13. The normalized spacial score (nSPS) is 13.0. The lowest BCUT2D eigenvalue weighted by Gasteiger charge is -2.20. The van der Waals surface area contributed by atoms with Crippen molar-refractivity contribution in [1.82, 2.24) is 0 Å². The second-order valence-corrected chi connectivity index (χ2v) is 7.79. The van der Waals surface area contributed by atoms with Crippen molar-refractivity contribution in [3.05, 3.63) is 87.7 Å². The van der Waals surface area contributed by atoms with Crippen molar-refractivity contribution in [2.45, 2.75) is 32.6 Å². The largest absolute Gasteiger partial charge is 0.494 e. The molecule has 6 heteroatoms. The Kier molecular flexibility index (Phi) is 6.04. The third kappa shape index (κ3) is 3.78. The lowest BCUT2D eigenvalue weighted by molar-refractivity contribution is 0.372. The molecule has 1 aliphatic carbocycles. The van der Waals surface area contributed by atoms with Gasteiger partial charge in [-0.1, -0.05) is 31.6 Å². The molecule has 3 aromatic rings. The molecule has 0 bridgehead atoms. The topological polar surface area (TPSA) is 9.23 Å². The van der Waals surface area contributed by atoms with Gasteiger partial charge in [0.05, 0.1) is 7.11 Å². The molecular weight excluding hydrogens is 423 g/mol. The van der Waals surface area contributed by atoms with Gasteiger partial charge in [-0.25, -0.2) is 17.6 Å². The minimum absolute atomic E-state index is 0.0687. The van der Waals surface area contributed by atoms with Crippen molar-refractivity contribution in [3.63, 3.8) is 0 Å². The van der Waals surface area contributed by atoms with E-state index in [2.05, 4.69) is 0 Å². The summed E-state index contributed by atoms with van der Waals surface area (Å²) >= 11 is 0. The molecule has 0 atom stereocenters. The number of ether oxygens (including phenoxy) is 1. The molecule has 0 saturated carbocycles. The Hall–Kier alpha value is -3.15. The van der Waals surface area contributed by atoms with E-state index in [1.54, 1.807) is 18.2 Å². The van der Waals surface area contributed by atoms with E-state index in [1.165, 1.54) is 31.4 Å². The molecule has 0 unspecified atom stereocenters. The number of hydrogen-bond donors (Lipinski definition) is 0. The maximum absolute atomic E-state index is 14.9. The summed E-state index contributed by atoms with van der Waals surface area (Å²) in [5.41, 5.74) is 1.98. The molecule has 32 heavy (non-hydrogen) atoms. The molecule has 0 spiro atoms. The highest BCUT2D eigenvalue weighted by molar-refractivity contribution is 5.86. The summed E-state index contributed by atoms with van der Waals surface area (Å²) in [6.07, 6.45) is 3.59. The molecule has 0 fully saturated rings. The predicted octanol–water partition coefficient (Wildman–Crippen LogP) is 7.50. The second-order valence-electron chi connectivity index (χ2n) is 7.79. The number of methoxy groups -OCH3 is 1. The van der Waals surface area contributed by atoms with E-state index in [0.29, 0.717) is 47.9 Å². The van der Waals surface area contributed by atoms with Gasteiger partial charge in [-0.2, -0.15) is 4.39 Å². The zero-order valence-electron chi connectivity index (χ0n) is 17.7. The first-order chi connectivity index (χ1) is 15.3. The maximum atomic E-state index is 14.9. The van der Waals surface area contributed by atoms with Gasteiger partial charge < -0.3 is 4.74 Å². The van der Waals surface area contributed by atoms with Gasteiger partial charge in [0.1, 0.15) is 5.82 Å². The Bertz CT molecular complexity index is 1230. The first-order valence-electron chi connectivity index (χ1n) is 10.4. The fourth-order valence-corrected chi connectivity index (χ4v) is 4.13. The summed E-state index contributed by atoms with van der Waals surface area (Å²) < 4.78 is 77.3. The Morgan fingerprint density at radius 3 is 2.22 bits per heavy atom. The number of allylic oxidation sites excluding steroid dienone is 1. The highest BCUT2D eigenvalue weighted by Gasteiger charge is 2.22. The fraction of sp³-hybridized carbons (Fsp3) is 0.231. The van der Waals surface area contributed by atoms with Crippen LogP contribution in [0.2, 0.25) is 0 Å². The van der Waals surface area contributed by atoms with Crippen LogP contribution in [0.4, 0.5) is 22.0 Å². The lowest BCUT2D eigenvalue weighted by atomic mass is 9.86. The van der Waals surface area contributed by atoms with Gasteiger partial charge in [0.25, 0.3) is 0 Å². The predicted molar refractivity (Wildman–Crippen MR) is 115 cm³/mol. The summed E-state index contributed by atoms with van der Waals surface area (Å²) in [4.78, 5) is 0. The van der Waals surface area contributed by atoms with Crippen LogP contribution < -0.4 is 4.74 Å². The van der Waals surface area contributed by atoms with Crippen LogP contribution in [0.25, 0.3) is 22.8 Å². The molecule has 166 valence electrons. The zero-order chi connectivity index (χ0) is 23.0. The summed E-state index contributed by atoms with van der Waals surface area (Å²) in [6.45, 7) is 1.89. The van der Waals surface area contributed by atoms with Crippen LogP contribution in [0.1, 0.15) is 42.0 Å². The van der Waals surface area contributed by atoms with E-state index in [1.807, 2.05) is 6.92 Å². The first kappa shape index (κ1) is 22.1. The van der Waals surface area contributed by atoms with Crippen LogP contribution in [0.5, 0.6) is 5.75 Å². The molecule has 0 heterocycles. The van der Waals surface area contributed by atoms with Gasteiger partial charge in [-0.3, -0.25) is 0 Å². The summed E-state index contributed by atoms with van der Waals surface area (Å²) in [5, 5.41) is 0. The Balaban J connectivity index is 1.75. The standard InChI is InChI=1S/C26H21F5O/c1-3-4-14-7-8-18(24(29)23(14)28)16-6-5-15-12-20(21(27)13-17(15)11-16)19-9-10-22(32-2)26(31)25(19)30/h7-13H,3-6H2,1-2H3. The van der Waals surface area contributed by atoms with Crippen molar-refractivity contribution in [1.29, 1.82) is 0 Å². The second kappa shape index (κ2) is 8.77. The van der Waals surface area contributed by atoms with E-state index >= 15 is 0 Å². The third-order valence-electron chi connectivity index (χ3n) is 5.81. The lowest BCUT2D eigenvalue weighted by Crippen LogP contribution is -2.05. The summed E-state index contributed by atoms with van der Waals surface area (Å²) in [7, 11) is 1.22. The molecule has 0 saturated heterocycles. The van der Waals surface area contributed by atoms with E-state index in [4.69, 9.17) is 4.74 Å². The zero-order valence-corrected chi connectivity index (χ0v) is 17.7. The van der Waals surface area contributed by atoms with E-state index in [9.17, 15) is 22.0 Å². The van der Waals surface area contributed by atoms with Crippen molar-refractivity contribution in [2.24, 2.45) is 0 Å². The Morgan fingerprint density at radius 2 is 1.50 bits per heavy atom. The molecule has 1 nitrogen and oxygen atoms in total. The Morgan fingerprint density at radius 1 is 0.781 bits per heavy atom. The number of rotatable bonds is 5. The number of fused-ring (bicyclic) bond motifs is 1. The van der Waals surface area contributed by atoms with Crippen LogP contribution in [0, 0.1) is 29.1 Å². The van der Waals surface area contributed by atoms with Gasteiger partial charge in [0, 0.05) is 16.7 Å². The molecule has 4 rings (SSSR count). The number of halogens is 5. The number of aryl methyl sites for hydroxylation is 2. The van der Waals surface area contributed by atoms with Crippen molar-refractivity contribution in [2.75, 3.05) is 7.11 Å². The van der Waals surface area contributed by atoms with E-state index in [-0.39, 0.29) is 22.4 Å². The van der Waals surface area contributed by atoms with Gasteiger partial charge >= 0.3 is 0 Å². The van der Waals surface area contributed by atoms with Crippen LogP contribution >= 0.6 is 0 Å². The van der Waals surface area contributed by atoms with Gasteiger partial charge in [0.15, 0.2) is 23.2 Å². The van der Waals surface area contributed by atoms with Crippen LogP contribution in [-0.2, 0) is 12.8 Å². The average Bonchev–Trinajstić information content (AvgIpc) is 2.78. The highest BCUT2D eigenvalue weighted by atomic mass is 19.2. The summed E-state index contributed by atoms with van der Waals surface area (Å²) in [5.74, 6) is -5.15. The summed E-state index contributed by atoms with van der Waals surface area (Å²) in [6, 6.07) is 8.33. The number of hydrogen-bond acceptors (Lipinski definition) is 1. The minimum Gasteiger partial charge on any atom is -0.494 e. The molecule has 0 aromatic heterocycles. The molecule has 0 amide bonds. The van der Waals surface area contributed by atoms with Crippen LogP contribution in [0.3, 0.4) is 0 Å². The monoisotopic (exact) mass is 444 g/mol. The number of benzene rings is 3. The van der Waals surface area contributed by atoms with Gasteiger partial charge in [-0.05, 0) is 65.8 Å². The van der Waals surface area contributed by atoms with Crippen molar-refractivity contribution >= 4 is 11.6 Å². The maximum Gasteiger partial charge on any atom is 0.201 e.